The van der Waals surface area contributed by atoms with E-state index in [-0.39, 0.29) is 6.54 Å². The van der Waals surface area contributed by atoms with Crippen molar-refractivity contribution in [2.45, 2.75) is 18.1 Å². The summed E-state index contributed by atoms with van der Waals surface area (Å²) in [5.41, 5.74) is -1.03. The van der Waals surface area contributed by atoms with E-state index in [2.05, 4.69) is 10.6 Å². The summed E-state index contributed by atoms with van der Waals surface area (Å²) >= 11 is 0. The molecule has 13 heavy (non-hydrogen) atoms. The van der Waals surface area contributed by atoms with Gasteiger partial charge < -0.3 is 5.32 Å². The molecule has 1 atom stereocenters. The standard InChI is InChI=1S/C7H10F3N3/c8-7(9,10)5-13-6(3-11)1-2-12-4-6/h12-13H,1-2,4-5H2. The van der Waals surface area contributed by atoms with E-state index in [9.17, 15) is 13.2 Å². The zero-order chi connectivity index (χ0) is 9.95. The molecule has 1 fully saturated rings. The monoisotopic (exact) mass is 193 g/mol. The Balaban J connectivity index is 2.46. The molecule has 1 unspecified atom stereocenters. The number of nitriles is 1. The highest BCUT2D eigenvalue weighted by Crippen LogP contribution is 2.18. The van der Waals surface area contributed by atoms with Gasteiger partial charge in [0.05, 0.1) is 12.6 Å². The molecule has 1 rings (SSSR count). The lowest BCUT2D eigenvalue weighted by atomic mass is 10.0. The van der Waals surface area contributed by atoms with Gasteiger partial charge in [0.2, 0.25) is 0 Å². The van der Waals surface area contributed by atoms with Gasteiger partial charge in [-0.1, -0.05) is 0 Å². The summed E-state index contributed by atoms with van der Waals surface area (Å²) in [4.78, 5) is 0. The normalized spacial score (nSPS) is 28.8. The van der Waals surface area contributed by atoms with Gasteiger partial charge in [0.25, 0.3) is 0 Å². The molecule has 0 bridgehead atoms. The zero-order valence-electron chi connectivity index (χ0n) is 6.91. The van der Waals surface area contributed by atoms with Crippen LogP contribution in [0.15, 0.2) is 0 Å². The molecule has 1 saturated heterocycles. The van der Waals surface area contributed by atoms with E-state index in [1.165, 1.54) is 0 Å². The van der Waals surface area contributed by atoms with Crippen molar-refractivity contribution >= 4 is 0 Å². The first-order chi connectivity index (χ1) is 5.97. The molecule has 0 aromatic heterocycles. The minimum atomic E-state index is -4.26. The molecule has 0 spiro atoms. The van der Waals surface area contributed by atoms with Crippen LogP contribution in [0.5, 0.6) is 0 Å². The van der Waals surface area contributed by atoms with Gasteiger partial charge in [0.15, 0.2) is 0 Å². The average Bonchev–Trinajstić information content (AvgIpc) is 2.49. The van der Waals surface area contributed by atoms with Crippen molar-refractivity contribution in [3.8, 4) is 6.07 Å². The molecular weight excluding hydrogens is 183 g/mol. The summed E-state index contributed by atoms with van der Waals surface area (Å²) in [6, 6.07) is 1.88. The molecular formula is C7H10F3N3. The summed E-state index contributed by atoms with van der Waals surface area (Å²) in [7, 11) is 0. The first-order valence-electron chi connectivity index (χ1n) is 3.91. The fourth-order valence-corrected chi connectivity index (χ4v) is 1.25. The molecule has 1 heterocycles. The van der Waals surface area contributed by atoms with Crippen molar-refractivity contribution in [2.24, 2.45) is 0 Å². The molecule has 0 aliphatic carbocycles. The van der Waals surface area contributed by atoms with Crippen LogP contribution in [-0.4, -0.2) is 31.3 Å². The number of hydrogen-bond donors (Lipinski definition) is 2. The minimum Gasteiger partial charge on any atom is -0.314 e. The minimum absolute atomic E-state index is 0.277. The molecule has 0 amide bonds. The van der Waals surface area contributed by atoms with Crippen molar-refractivity contribution in [2.75, 3.05) is 19.6 Å². The van der Waals surface area contributed by atoms with Gasteiger partial charge in [0, 0.05) is 6.54 Å². The summed E-state index contributed by atoms with van der Waals surface area (Å²) in [6.45, 7) is -0.250. The number of hydrogen-bond acceptors (Lipinski definition) is 3. The summed E-state index contributed by atoms with van der Waals surface area (Å²) < 4.78 is 35.5. The topological polar surface area (TPSA) is 47.9 Å². The van der Waals surface area contributed by atoms with Crippen molar-refractivity contribution in [3.63, 3.8) is 0 Å². The van der Waals surface area contributed by atoms with Crippen LogP contribution >= 0.6 is 0 Å². The van der Waals surface area contributed by atoms with Crippen molar-refractivity contribution in [1.29, 1.82) is 5.26 Å². The zero-order valence-corrected chi connectivity index (χ0v) is 6.91. The van der Waals surface area contributed by atoms with E-state index in [0.717, 1.165) is 0 Å². The molecule has 2 N–H and O–H groups in total. The molecule has 1 aliphatic heterocycles. The first kappa shape index (κ1) is 10.3. The molecule has 1 aliphatic rings. The van der Waals surface area contributed by atoms with Crippen molar-refractivity contribution in [1.82, 2.24) is 10.6 Å². The Hall–Kier alpha value is -0.800. The van der Waals surface area contributed by atoms with Gasteiger partial charge in [-0.2, -0.15) is 18.4 Å². The molecule has 0 aromatic carbocycles. The maximum atomic E-state index is 11.8. The van der Waals surface area contributed by atoms with Gasteiger partial charge in [-0.05, 0) is 13.0 Å². The third-order valence-electron chi connectivity index (χ3n) is 2.00. The average molecular weight is 193 g/mol. The van der Waals surface area contributed by atoms with E-state index in [4.69, 9.17) is 5.26 Å². The second kappa shape index (κ2) is 3.52. The molecule has 3 nitrogen and oxygen atoms in total. The van der Waals surface area contributed by atoms with Crippen LogP contribution in [0.4, 0.5) is 13.2 Å². The number of halogens is 3. The first-order valence-corrected chi connectivity index (χ1v) is 3.91. The number of nitrogens with zero attached hydrogens (tertiary/aromatic N) is 1. The second-order valence-electron chi connectivity index (χ2n) is 3.09. The van der Waals surface area contributed by atoms with Gasteiger partial charge in [-0.15, -0.1) is 0 Å². The maximum absolute atomic E-state index is 11.8. The Kier molecular flexibility index (Phi) is 2.78. The summed E-state index contributed by atoms with van der Waals surface area (Å²) in [6.07, 6.45) is -3.84. The van der Waals surface area contributed by atoms with Crippen LogP contribution in [0, 0.1) is 11.3 Å². The number of nitrogens with one attached hydrogen (secondary N) is 2. The number of rotatable bonds is 2. The molecule has 0 radical (unpaired) electrons. The molecule has 0 aromatic rings. The third kappa shape index (κ3) is 2.86. The Morgan fingerprint density at radius 2 is 2.23 bits per heavy atom. The predicted octanol–water partition coefficient (Wildman–Crippen LogP) is 0.394. The van der Waals surface area contributed by atoms with Crippen LogP contribution in [0.2, 0.25) is 0 Å². The Morgan fingerprint density at radius 1 is 1.54 bits per heavy atom. The smallest absolute Gasteiger partial charge is 0.314 e. The second-order valence-corrected chi connectivity index (χ2v) is 3.09. The fourth-order valence-electron chi connectivity index (χ4n) is 1.25. The van der Waals surface area contributed by atoms with Gasteiger partial charge in [-0.3, -0.25) is 5.32 Å². The highest BCUT2D eigenvalue weighted by atomic mass is 19.4. The van der Waals surface area contributed by atoms with Crippen LogP contribution in [0.1, 0.15) is 6.42 Å². The van der Waals surface area contributed by atoms with Gasteiger partial charge in [-0.25, -0.2) is 0 Å². The summed E-state index contributed by atoms with van der Waals surface area (Å²) in [5, 5.41) is 13.8. The maximum Gasteiger partial charge on any atom is 0.401 e. The lowest BCUT2D eigenvalue weighted by Gasteiger charge is -2.21. The van der Waals surface area contributed by atoms with E-state index < -0.39 is 18.3 Å². The highest BCUT2D eigenvalue weighted by molar-refractivity contribution is 5.12. The largest absolute Gasteiger partial charge is 0.401 e. The van der Waals surface area contributed by atoms with Crippen LogP contribution in [-0.2, 0) is 0 Å². The quantitative estimate of drug-likeness (QED) is 0.667. The van der Waals surface area contributed by atoms with E-state index in [0.29, 0.717) is 13.0 Å². The lowest BCUT2D eigenvalue weighted by Crippen LogP contribution is -2.49. The Bertz CT molecular complexity index is 212. The van der Waals surface area contributed by atoms with Crippen LogP contribution in [0.3, 0.4) is 0 Å². The van der Waals surface area contributed by atoms with Crippen molar-refractivity contribution in [3.05, 3.63) is 0 Å². The summed E-state index contributed by atoms with van der Waals surface area (Å²) in [5.74, 6) is 0. The van der Waals surface area contributed by atoms with E-state index in [1.807, 2.05) is 6.07 Å². The Labute approximate surface area is 73.9 Å². The molecule has 6 heteroatoms. The highest BCUT2D eigenvalue weighted by Gasteiger charge is 2.37. The van der Waals surface area contributed by atoms with E-state index >= 15 is 0 Å². The Morgan fingerprint density at radius 3 is 2.62 bits per heavy atom. The third-order valence-corrected chi connectivity index (χ3v) is 2.00. The van der Waals surface area contributed by atoms with Crippen LogP contribution < -0.4 is 10.6 Å². The predicted molar refractivity (Wildman–Crippen MR) is 39.9 cm³/mol. The van der Waals surface area contributed by atoms with Gasteiger partial charge in [0.1, 0.15) is 5.54 Å². The fraction of sp³-hybridized carbons (Fsp3) is 0.857. The number of alkyl halides is 3. The molecule has 74 valence electrons. The molecule has 0 saturated carbocycles. The van der Waals surface area contributed by atoms with Crippen molar-refractivity contribution < 1.29 is 13.2 Å². The SMILES string of the molecule is N#CC1(NCC(F)(F)F)CCNC1. The van der Waals surface area contributed by atoms with E-state index in [1.54, 1.807) is 0 Å². The van der Waals surface area contributed by atoms with Gasteiger partial charge >= 0.3 is 6.18 Å². The lowest BCUT2D eigenvalue weighted by molar-refractivity contribution is -0.127. The van der Waals surface area contributed by atoms with Crippen LogP contribution in [0.25, 0.3) is 0 Å².